The van der Waals surface area contributed by atoms with Crippen molar-refractivity contribution < 1.29 is 0 Å². The minimum Gasteiger partial charge on any atom is -0.368 e. The van der Waals surface area contributed by atoms with Crippen LogP contribution in [0, 0.1) is 5.92 Å². The summed E-state index contributed by atoms with van der Waals surface area (Å²) >= 11 is 0. The Hall–Kier alpha value is -1.56. The first kappa shape index (κ1) is 13.4. The molecule has 3 rings (SSSR count). The van der Waals surface area contributed by atoms with Crippen LogP contribution < -0.4 is 21.3 Å². The van der Waals surface area contributed by atoms with Crippen molar-refractivity contribution in [3.8, 4) is 0 Å². The molecule has 3 heterocycles. The molecule has 0 bridgehead atoms. The zero-order valence-electron chi connectivity index (χ0n) is 12.3. The Morgan fingerprint density at radius 3 is 3.00 bits per heavy atom. The van der Waals surface area contributed by atoms with E-state index in [1.54, 1.807) is 0 Å². The maximum Gasteiger partial charge on any atom is 0.223 e. The molecule has 0 aliphatic carbocycles. The summed E-state index contributed by atoms with van der Waals surface area (Å²) in [5, 5.41) is 6.91. The summed E-state index contributed by atoms with van der Waals surface area (Å²) in [5.41, 5.74) is 5.84. The number of nitrogens with zero attached hydrogens (tertiary/aromatic N) is 3. The first-order valence-corrected chi connectivity index (χ1v) is 7.51. The molecule has 6 nitrogen and oxygen atoms in total. The minimum absolute atomic E-state index is 0.333. The van der Waals surface area contributed by atoms with Crippen molar-refractivity contribution in [2.75, 3.05) is 35.6 Å². The van der Waals surface area contributed by atoms with E-state index in [1.807, 2.05) is 6.07 Å². The maximum atomic E-state index is 5.84. The molecule has 1 unspecified atom stereocenters. The number of nitrogens with one attached hydrogen (secondary N) is 2. The predicted molar refractivity (Wildman–Crippen MR) is 81.9 cm³/mol. The number of piperidine rings is 1. The van der Waals surface area contributed by atoms with Crippen LogP contribution in [0.1, 0.15) is 26.7 Å². The molecule has 0 amide bonds. The van der Waals surface area contributed by atoms with Crippen LogP contribution in [0.2, 0.25) is 0 Å². The molecule has 20 heavy (non-hydrogen) atoms. The summed E-state index contributed by atoms with van der Waals surface area (Å²) in [7, 11) is 0. The highest BCUT2D eigenvalue weighted by Crippen LogP contribution is 2.29. The Bertz CT molecular complexity index is 461. The molecule has 1 aromatic rings. The standard InChI is InChI=1S/C14H24N6/c1-9(2)17-12-6-13(19-14(15)18-12)20-7-10-4-3-5-16-11(10)8-20/h6,9-11,16H,3-5,7-8H2,1-2H3,(H3,15,17,18,19)/t10?,11-/m0/s1. The van der Waals surface area contributed by atoms with Gasteiger partial charge in [0.15, 0.2) is 0 Å². The van der Waals surface area contributed by atoms with Gasteiger partial charge in [-0.25, -0.2) is 0 Å². The first-order valence-electron chi connectivity index (χ1n) is 7.51. The van der Waals surface area contributed by atoms with Crippen LogP contribution in [0.3, 0.4) is 0 Å². The lowest BCUT2D eigenvalue weighted by atomic mass is 9.94. The Kier molecular flexibility index (Phi) is 3.65. The molecule has 110 valence electrons. The number of hydrogen-bond donors (Lipinski definition) is 3. The fourth-order valence-corrected chi connectivity index (χ4v) is 3.22. The van der Waals surface area contributed by atoms with Gasteiger partial charge in [-0.15, -0.1) is 0 Å². The van der Waals surface area contributed by atoms with E-state index in [4.69, 9.17) is 5.73 Å². The summed E-state index contributed by atoms with van der Waals surface area (Å²) in [6.07, 6.45) is 2.59. The van der Waals surface area contributed by atoms with Gasteiger partial charge in [0, 0.05) is 31.2 Å². The highest BCUT2D eigenvalue weighted by molar-refractivity contribution is 5.53. The van der Waals surface area contributed by atoms with Gasteiger partial charge in [-0.05, 0) is 39.2 Å². The Labute approximate surface area is 120 Å². The number of nitrogen functional groups attached to an aromatic ring is 1. The summed E-state index contributed by atoms with van der Waals surface area (Å²) in [6, 6.07) is 2.94. The second kappa shape index (κ2) is 5.44. The van der Waals surface area contributed by atoms with Crippen molar-refractivity contribution in [1.82, 2.24) is 15.3 Å². The molecule has 2 atom stereocenters. The number of rotatable bonds is 3. The van der Waals surface area contributed by atoms with E-state index in [-0.39, 0.29) is 0 Å². The first-order chi connectivity index (χ1) is 9.61. The third-order valence-electron chi connectivity index (χ3n) is 4.09. The second-order valence-corrected chi connectivity index (χ2v) is 6.14. The Morgan fingerprint density at radius 1 is 1.40 bits per heavy atom. The summed E-state index contributed by atoms with van der Waals surface area (Å²) in [6.45, 7) is 7.40. The lowest BCUT2D eigenvalue weighted by Gasteiger charge is -2.24. The van der Waals surface area contributed by atoms with Gasteiger partial charge < -0.3 is 21.3 Å². The summed E-state index contributed by atoms with van der Waals surface area (Å²) < 4.78 is 0. The van der Waals surface area contributed by atoms with E-state index >= 15 is 0 Å². The van der Waals surface area contributed by atoms with E-state index in [1.165, 1.54) is 12.8 Å². The molecule has 4 N–H and O–H groups in total. The molecular weight excluding hydrogens is 252 g/mol. The maximum absolute atomic E-state index is 5.84. The summed E-state index contributed by atoms with van der Waals surface area (Å²) in [4.78, 5) is 11.0. The van der Waals surface area contributed by atoms with Crippen molar-refractivity contribution >= 4 is 17.6 Å². The van der Waals surface area contributed by atoms with Gasteiger partial charge >= 0.3 is 0 Å². The van der Waals surface area contributed by atoms with E-state index in [2.05, 4.69) is 39.3 Å². The van der Waals surface area contributed by atoms with Crippen molar-refractivity contribution in [2.24, 2.45) is 5.92 Å². The van der Waals surface area contributed by atoms with Gasteiger partial charge in [-0.1, -0.05) is 0 Å². The number of aromatic nitrogens is 2. The van der Waals surface area contributed by atoms with Gasteiger partial charge in [0.05, 0.1) is 0 Å². The molecule has 0 spiro atoms. The van der Waals surface area contributed by atoms with Gasteiger partial charge in [0.1, 0.15) is 11.6 Å². The fourth-order valence-electron chi connectivity index (χ4n) is 3.22. The smallest absolute Gasteiger partial charge is 0.223 e. The topological polar surface area (TPSA) is 79.1 Å². The van der Waals surface area contributed by atoms with E-state index in [9.17, 15) is 0 Å². The third-order valence-corrected chi connectivity index (χ3v) is 4.09. The molecule has 2 fully saturated rings. The third kappa shape index (κ3) is 2.80. The number of fused-ring (bicyclic) bond motifs is 1. The lowest BCUT2D eigenvalue weighted by Crippen LogP contribution is -2.40. The van der Waals surface area contributed by atoms with Gasteiger partial charge in [-0.2, -0.15) is 9.97 Å². The van der Waals surface area contributed by atoms with E-state index in [0.29, 0.717) is 18.0 Å². The highest BCUT2D eigenvalue weighted by Gasteiger charge is 2.34. The van der Waals surface area contributed by atoms with Crippen LogP contribution in [-0.2, 0) is 0 Å². The lowest BCUT2D eigenvalue weighted by molar-refractivity contribution is 0.340. The predicted octanol–water partition coefficient (Wildman–Crippen LogP) is 1.07. The molecule has 0 radical (unpaired) electrons. The minimum atomic E-state index is 0.333. The number of anilines is 3. The van der Waals surface area contributed by atoms with E-state index in [0.717, 1.165) is 37.2 Å². The largest absolute Gasteiger partial charge is 0.368 e. The van der Waals surface area contributed by atoms with Gasteiger partial charge in [0.2, 0.25) is 5.95 Å². The van der Waals surface area contributed by atoms with E-state index < -0.39 is 0 Å². The quantitative estimate of drug-likeness (QED) is 0.766. The van der Waals surface area contributed by atoms with Crippen LogP contribution >= 0.6 is 0 Å². The number of nitrogens with two attached hydrogens (primary N) is 1. The van der Waals surface area contributed by atoms with Crippen molar-refractivity contribution in [3.63, 3.8) is 0 Å². The normalized spacial score (nSPS) is 25.9. The molecule has 6 heteroatoms. The van der Waals surface area contributed by atoms with Crippen molar-refractivity contribution in [3.05, 3.63) is 6.07 Å². The van der Waals surface area contributed by atoms with Gasteiger partial charge in [0.25, 0.3) is 0 Å². The zero-order chi connectivity index (χ0) is 14.1. The van der Waals surface area contributed by atoms with Crippen LogP contribution in [-0.4, -0.2) is 41.7 Å². The number of hydrogen-bond acceptors (Lipinski definition) is 6. The molecule has 2 saturated heterocycles. The van der Waals surface area contributed by atoms with Crippen LogP contribution in [0.5, 0.6) is 0 Å². The molecule has 1 aromatic heterocycles. The average molecular weight is 276 g/mol. The molecular formula is C14H24N6. The van der Waals surface area contributed by atoms with Crippen LogP contribution in [0.4, 0.5) is 17.6 Å². The molecule has 0 saturated carbocycles. The monoisotopic (exact) mass is 276 g/mol. The Morgan fingerprint density at radius 2 is 2.25 bits per heavy atom. The molecule has 0 aromatic carbocycles. The van der Waals surface area contributed by atoms with Crippen molar-refractivity contribution in [1.29, 1.82) is 0 Å². The Balaban J connectivity index is 1.78. The van der Waals surface area contributed by atoms with Gasteiger partial charge in [-0.3, -0.25) is 0 Å². The summed E-state index contributed by atoms with van der Waals surface area (Å²) in [5.74, 6) is 2.83. The fraction of sp³-hybridized carbons (Fsp3) is 0.714. The zero-order valence-corrected chi connectivity index (χ0v) is 12.3. The molecule has 2 aliphatic heterocycles. The highest BCUT2D eigenvalue weighted by atomic mass is 15.3. The van der Waals surface area contributed by atoms with Crippen LogP contribution in [0.25, 0.3) is 0 Å². The second-order valence-electron chi connectivity index (χ2n) is 6.14. The average Bonchev–Trinajstić information content (AvgIpc) is 2.80. The van der Waals surface area contributed by atoms with Crippen molar-refractivity contribution in [2.45, 2.75) is 38.8 Å². The van der Waals surface area contributed by atoms with Crippen LogP contribution in [0.15, 0.2) is 6.07 Å². The SMILES string of the molecule is CC(C)Nc1cc(N2CC3CCCN[C@H]3C2)nc(N)n1. The molecule has 2 aliphatic rings.